The van der Waals surface area contributed by atoms with Gasteiger partial charge < -0.3 is 19.2 Å². The van der Waals surface area contributed by atoms with Crippen LogP contribution in [0.3, 0.4) is 0 Å². The number of hydrogen-bond acceptors (Lipinski definition) is 7. The number of nitrogens with one attached hydrogen (secondary N) is 1. The topological polar surface area (TPSA) is 86.5 Å². The van der Waals surface area contributed by atoms with E-state index < -0.39 is 0 Å². The third-order valence-electron chi connectivity index (χ3n) is 5.07. The predicted octanol–water partition coefficient (Wildman–Crippen LogP) is 4.41. The molecule has 4 aromatic rings. The minimum absolute atomic E-state index is 0.0589. The van der Waals surface area contributed by atoms with Crippen LogP contribution in [0, 0.1) is 0 Å². The highest BCUT2D eigenvalue weighted by molar-refractivity contribution is 8.00. The summed E-state index contributed by atoms with van der Waals surface area (Å²) in [5, 5.41) is 4.62. The van der Waals surface area contributed by atoms with Gasteiger partial charge in [-0.1, -0.05) is 36.9 Å². The fraction of sp³-hybridized carbons (Fsp3) is 0.292. The number of benzene rings is 2. The third-order valence-corrected chi connectivity index (χ3v) is 6.03. The molecule has 4 rings (SSSR count). The van der Waals surface area contributed by atoms with Gasteiger partial charge >= 0.3 is 0 Å². The van der Waals surface area contributed by atoms with Crippen LogP contribution in [0.1, 0.15) is 18.3 Å². The number of thioether (sulfide) groups is 1. The molecule has 166 valence electrons. The van der Waals surface area contributed by atoms with Crippen LogP contribution in [0.4, 0.5) is 0 Å². The Morgan fingerprint density at radius 1 is 1.09 bits per heavy atom. The van der Waals surface area contributed by atoms with E-state index in [0.717, 1.165) is 27.9 Å². The number of carbonyl (C=O) groups is 1. The van der Waals surface area contributed by atoms with Gasteiger partial charge in [0.2, 0.25) is 5.91 Å². The van der Waals surface area contributed by atoms with Gasteiger partial charge in [-0.2, -0.15) is 0 Å². The Morgan fingerprint density at radius 3 is 2.69 bits per heavy atom. The molecule has 1 N–H and O–H groups in total. The molecule has 0 aliphatic carbocycles. The van der Waals surface area contributed by atoms with E-state index in [0.29, 0.717) is 41.5 Å². The number of carbonyl (C=O) groups excluding carboxylic acids is 1. The molecule has 32 heavy (non-hydrogen) atoms. The summed E-state index contributed by atoms with van der Waals surface area (Å²) in [4.78, 5) is 21.7. The van der Waals surface area contributed by atoms with E-state index in [1.807, 2.05) is 49.4 Å². The number of furan rings is 1. The lowest BCUT2D eigenvalue weighted by atomic mass is 10.1. The van der Waals surface area contributed by atoms with Gasteiger partial charge in [-0.3, -0.25) is 4.79 Å². The van der Waals surface area contributed by atoms with Gasteiger partial charge in [0.1, 0.15) is 22.0 Å². The summed E-state index contributed by atoms with van der Waals surface area (Å²) in [5.41, 5.74) is 3.25. The van der Waals surface area contributed by atoms with Crippen molar-refractivity contribution in [1.29, 1.82) is 0 Å². The number of fused-ring (bicyclic) bond motifs is 3. The van der Waals surface area contributed by atoms with Crippen molar-refractivity contribution < 1.29 is 18.7 Å². The molecular weight excluding hydrogens is 426 g/mol. The zero-order valence-electron chi connectivity index (χ0n) is 18.3. The van der Waals surface area contributed by atoms with Crippen molar-refractivity contribution in [2.75, 3.05) is 26.5 Å². The van der Waals surface area contributed by atoms with Crippen LogP contribution in [0.2, 0.25) is 0 Å². The van der Waals surface area contributed by atoms with E-state index in [2.05, 4.69) is 15.3 Å². The molecule has 8 heteroatoms. The van der Waals surface area contributed by atoms with E-state index in [1.54, 1.807) is 14.2 Å². The van der Waals surface area contributed by atoms with Crippen molar-refractivity contribution in [1.82, 2.24) is 15.3 Å². The maximum absolute atomic E-state index is 12.4. The molecule has 0 unspecified atom stereocenters. The summed E-state index contributed by atoms with van der Waals surface area (Å²) in [5.74, 6) is 2.29. The fourth-order valence-electron chi connectivity index (χ4n) is 3.43. The number of ether oxygens (including phenoxy) is 2. The normalized spacial score (nSPS) is 11.1. The molecule has 0 aliphatic heterocycles. The van der Waals surface area contributed by atoms with E-state index in [1.165, 1.54) is 11.8 Å². The van der Waals surface area contributed by atoms with E-state index in [-0.39, 0.29) is 11.7 Å². The van der Waals surface area contributed by atoms with Crippen LogP contribution in [-0.2, 0) is 17.6 Å². The Labute approximate surface area is 190 Å². The van der Waals surface area contributed by atoms with Gasteiger partial charge in [0.05, 0.1) is 20.0 Å². The Kier molecular flexibility index (Phi) is 6.80. The number of hydrogen-bond donors (Lipinski definition) is 1. The van der Waals surface area contributed by atoms with Gasteiger partial charge in [-0.05, 0) is 36.2 Å². The molecule has 2 heterocycles. The van der Waals surface area contributed by atoms with Crippen molar-refractivity contribution in [2.45, 2.75) is 24.8 Å². The van der Waals surface area contributed by atoms with Gasteiger partial charge in [0, 0.05) is 18.4 Å². The minimum atomic E-state index is -0.0589. The molecule has 0 atom stereocenters. The van der Waals surface area contributed by atoms with Crippen molar-refractivity contribution in [3.8, 4) is 11.5 Å². The largest absolute Gasteiger partial charge is 0.493 e. The summed E-state index contributed by atoms with van der Waals surface area (Å²) in [6.45, 7) is 2.54. The lowest BCUT2D eigenvalue weighted by molar-refractivity contribution is -0.118. The Morgan fingerprint density at radius 2 is 1.91 bits per heavy atom. The first-order valence-electron chi connectivity index (χ1n) is 10.4. The second-order valence-corrected chi connectivity index (χ2v) is 8.12. The van der Waals surface area contributed by atoms with E-state index in [4.69, 9.17) is 13.9 Å². The molecular formula is C24H25N3O4S. The molecule has 0 spiro atoms. The highest BCUT2D eigenvalue weighted by Gasteiger charge is 2.16. The predicted molar refractivity (Wildman–Crippen MR) is 126 cm³/mol. The van der Waals surface area contributed by atoms with Gasteiger partial charge in [-0.15, -0.1) is 0 Å². The van der Waals surface area contributed by atoms with Crippen LogP contribution in [-0.4, -0.2) is 42.4 Å². The standard InChI is InChI=1S/C24H25N3O4S/c1-4-20-26-22-16-7-5-6-8-17(16)31-23(22)24(27-20)32-14-21(28)25-12-11-15-9-10-18(29-2)19(13-15)30-3/h5-10,13H,4,11-12,14H2,1-3H3,(H,25,28). The lowest BCUT2D eigenvalue weighted by Crippen LogP contribution is -2.27. The maximum atomic E-state index is 12.4. The quantitative estimate of drug-likeness (QED) is 0.298. The smallest absolute Gasteiger partial charge is 0.230 e. The molecule has 0 bridgehead atoms. The second kappa shape index (κ2) is 9.91. The first kappa shape index (κ1) is 22.0. The SMILES string of the molecule is CCc1nc(SCC(=O)NCCc2ccc(OC)c(OC)c2)c2oc3ccccc3c2n1. The van der Waals surface area contributed by atoms with E-state index >= 15 is 0 Å². The average molecular weight is 452 g/mol. The monoisotopic (exact) mass is 451 g/mol. The zero-order chi connectivity index (χ0) is 22.5. The summed E-state index contributed by atoms with van der Waals surface area (Å²) in [6, 6.07) is 13.5. The Hall–Kier alpha value is -3.26. The molecule has 1 amide bonds. The van der Waals surface area contributed by atoms with Crippen molar-refractivity contribution in [3.63, 3.8) is 0 Å². The molecule has 0 saturated heterocycles. The highest BCUT2D eigenvalue weighted by atomic mass is 32.2. The molecule has 2 aromatic heterocycles. The summed E-state index contributed by atoms with van der Waals surface area (Å²) in [7, 11) is 3.21. The number of aryl methyl sites for hydroxylation is 1. The first-order valence-corrected chi connectivity index (χ1v) is 11.4. The molecule has 0 saturated carbocycles. The van der Waals surface area contributed by atoms with Gasteiger partial charge in [-0.25, -0.2) is 9.97 Å². The van der Waals surface area contributed by atoms with Crippen LogP contribution >= 0.6 is 11.8 Å². The fourth-order valence-corrected chi connectivity index (χ4v) is 4.24. The first-order chi connectivity index (χ1) is 15.6. The Bertz CT molecular complexity index is 1250. The maximum Gasteiger partial charge on any atom is 0.230 e. The average Bonchev–Trinajstić information content (AvgIpc) is 3.21. The minimum Gasteiger partial charge on any atom is -0.493 e. The zero-order valence-corrected chi connectivity index (χ0v) is 19.1. The second-order valence-electron chi connectivity index (χ2n) is 7.15. The lowest BCUT2D eigenvalue weighted by Gasteiger charge is -2.10. The number of amides is 1. The van der Waals surface area contributed by atoms with Gasteiger partial charge in [0.25, 0.3) is 0 Å². The van der Waals surface area contributed by atoms with Crippen LogP contribution in [0.15, 0.2) is 51.9 Å². The molecule has 0 aliphatic rings. The number of methoxy groups -OCH3 is 2. The molecule has 0 radical (unpaired) electrons. The molecule has 2 aromatic carbocycles. The van der Waals surface area contributed by atoms with Crippen LogP contribution in [0.5, 0.6) is 11.5 Å². The van der Waals surface area contributed by atoms with Crippen LogP contribution < -0.4 is 14.8 Å². The number of nitrogens with zero attached hydrogens (tertiary/aromatic N) is 2. The highest BCUT2D eigenvalue weighted by Crippen LogP contribution is 2.33. The van der Waals surface area contributed by atoms with E-state index in [9.17, 15) is 4.79 Å². The molecule has 7 nitrogen and oxygen atoms in total. The van der Waals surface area contributed by atoms with Crippen molar-refractivity contribution >= 4 is 39.7 Å². The number of rotatable bonds is 9. The van der Waals surface area contributed by atoms with Crippen LogP contribution in [0.25, 0.3) is 22.1 Å². The molecule has 0 fully saturated rings. The number of para-hydroxylation sites is 1. The summed E-state index contributed by atoms with van der Waals surface area (Å²) < 4.78 is 16.6. The number of aromatic nitrogens is 2. The van der Waals surface area contributed by atoms with Crippen molar-refractivity contribution in [3.05, 3.63) is 53.9 Å². The van der Waals surface area contributed by atoms with Crippen molar-refractivity contribution in [2.24, 2.45) is 0 Å². The summed E-state index contributed by atoms with van der Waals surface area (Å²) in [6.07, 6.45) is 1.40. The summed E-state index contributed by atoms with van der Waals surface area (Å²) >= 11 is 1.37. The third kappa shape index (κ3) is 4.65. The van der Waals surface area contributed by atoms with Gasteiger partial charge in [0.15, 0.2) is 17.1 Å². The Balaban J connectivity index is 1.40.